The average Bonchev–Trinajstić information content (AvgIpc) is 3.33. The molecule has 3 heterocycles. The zero-order valence-electron chi connectivity index (χ0n) is 16.1. The third kappa shape index (κ3) is 4.26. The lowest BCUT2D eigenvalue weighted by molar-refractivity contribution is -0.115. The summed E-state index contributed by atoms with van der Waals surface area (Å²) >= 11 is 2.66. The first-order valence-corrected chi connectivity index (χ1v) is 13.0. The SMILES string of the molecule is N#Cc1c(NC(=O)Cc2ccc(S(=O)(=O)N3CCCCC3)s2)sc2c1CCCC2. The Morgan fingerprint density at radius 1 is 1.10 bits per heavy atom. The number of amides is 1. The number of nitrogens with one attached hydrogen (secondary N) is 1. The van der Waals surface area contributed by atoms with Gasteiger partial charge in [0.2, 0.25) is 5.91 Å². The van der Waals surface area contributed by atoms with Gasteiger partial charge in [-0.2, -0.15) is 9.57 Å². The number of sulfonamides is 1. The molecule has 0 atom stereocenters. The summed E-state index contributed by atoms with van der Waals surface area (Å²) in [6.45, 7) is 1.13. The molecule has 0 spiro atoms. The van der Waals surface area contributed by atoms with Crippen LogP contribution in [0, 0.1) is 11.3 Å². The predicted molar refractivity (Wildman–Crippen MR) is 115 cm³/mol. The highest BCUT2D eigenvalue weighted by molar-refractivity contribution is 7.91. The van der Waals surface area contributed by atoms with Crippen LogP contribution in [0.4, 0.5) is 5.00 Å². The van der Waals surface area contributed by atoms with Crippen LogP contribution < -0.4 is 5.32 Å². The van der Waals surface area contributed by atoms with Gasteiger partial charge in [0.25, 0.3) is 10.0 Å². The van der Waals surface area contributed by atoms with Crippen molar-refractivity contribution in [2.24, 2.45) is 0 Å². The maximum Gasteiger partial charge on any atom is 0.252 e. The monoisotopic (exact) mass is 449 g/mol. The van der Waals surface area contributed by atoms with Gasteiger partial charge in [-0.25, -0.2) is 8.42 Å². The number of anilines is 1. The summed E-state index contributed by atoms with van der Waals surface area (Å²) in [5.74, 6) is -0.219. The Labute approximate surface area is 179 Å². The molecule has 1 aliphatic heterocycles. The molecular formula is C20H23N3O3S3. The Balaban J connectivity index is 1.45. The molecule has 6 nitrogen and oxygen atoms in total. The fourth-order valence-electron chi connectivity index (χ4n) is 3.93. The third-order valence-electron chi connectivity index (χ3n) is 5.42. The fourth-order valence-corrected chi connectivity index (χ4v) is 8.21. The van der Waals surface area contributed by atoms with Crippen LogP contribution in [0.1, 0.15) is 53.0 Å². The molecule has 4 rings (SSSR count). The number of nitriles is 1. The van der Waals surface area contributed by atoms with Gasteiger partial charge < -0.3 is 5.32 Å². The Bertz CT molecular complexity index is 1060. The minimum Gasteiger partial charge on any atom is -0.316 e. The number of carbonyl (C=O) groups is 1. The molecule has 2 aliphatic rings. The van der Waals surface area contributed by atoms with Crippen LogP contribution in [-0.4, -0.2) is 31.7 Å². The Morgan fingerprint density at radius 2 is 1.86 bits per heavy atom. The van der Waals surface area contributed by atoms with Crippen LogP contribution in [0.3, 0.4) is 0 Å². The van der Waals surface area contributed by atoms with Crippen LogP contribution in [-0.2, 0) is 34.1 Å². The first kappa shape index (κ1) is 20.5. The van der Waals surface area contributed by atoms with Gasteiger partial charge in [-0.1, -0.05) is 6.42 Å². The summed E-state index contributed by atoms with van der Waals surface area (Å²) in [5, 5.41) is 13.0. The zero-order chi connectivity index (χ0) is 20.4. The van der Waals surface area contributed by atoms with Crippen molar-refractivity contribution in [2.75, 3.05) is 18.4 Å². The van der Waals surface area contributed by atoms with E-state index in [1.807, 2.05) is 0 Å². The number of piperidine rings is 1. The van der Waals surface area contributed by atoms with E-state index >= 15 is 0 Å². The second-order valence-electron chi connectivity index (χ2n) is 7.44. The maximum atomic E-state index is 12.8. The van der Waals surface area contributed by atoms with E-state index in [1.54, 1.807) is 16.4 Å². The predicted octanol–water partition coefficient (Wildman–Crippen LogP) is 3.92. The van der Waals surface area contributed by atoms with E-state index in [2.05, 4.69) is 11.4 Å². The van der Waals surface area contributed by atoms with E-state index in [0.717, 1.165) is 61.8 Å². The molecule has 0 bridgehead atoms. The number of hydrogen-bond donors (Lipinski definition) is 1. The van der Waals surface area contributed by atoms with Gasteiger partial charge in [0, 0.05) is 22.8 Å². The lowest BCUT2D eigenvalue weighted by Gasteiger charge is -2.25. The zero-order valence-corrected chi connectivity index (χ0v) is 18.5. The normalized spacial score (nSPS) is 17.5. The number of fused-ring (bicyclic) bond motifs is 1. The van der Waals surface area contributed by atoms with Crippen LogP contribution in [0.25, 0.3) is 0 Å². The minimum atomic E-state index is -3.47. The largest absolute Gasteiger partial charge is 0.316 e. The van der Waals surface area contributed by atoms with Gasteiger partial charge in [0.1, 0.15) is 15.3 Å². The number of hydrogen-bond acceptors (Lipinski definition) is 6. The van der Waals surface area contributed by atoms with Crippen molar-refractivity contribution >= 4 is 43.6 Å². The smallest absolute Gasteiger partial charge is 0.252 e. The highest BCUT2D eigenvalue weighted by Gasteiger charge is 2.28. The number of rotatable bonds is 5. The summed E-state index contributed by atoms with van der Waals surface area (Å²) in [5.41, 5.74) is 1.68. The van der Waals surface area contributed by atoms with Gasteiger partial charge in [0.05, 0.1) is 12.0 Å². The maximum absolute atomic E-state index is 12.8. The Kier molecular flexibility index (Phi) is 6.06. The van der Waals surface area contributed by atoms with Gasteiger partial charge in [-0.05, 0) is 56.2 Å². The highest BCUT2D eigenvalue weighted by Crippen LogP contribution is 2.37. The minimum absolute atomic E-state index is 0.105. The molecule has 154 valence electrons. The van der Waals surface area contributed by atoms with Crippen molar-refractivity contribution in [1.29, 1.82) is 5.26 Å². The number of nitrogens with zero attached hydrogens (tertiary/aromatic N) is 2. The molecule has 1 fully saturated rings. The van der Waals surface area contributed by atoms with E-state index in [-0.39, 0.29) is 12.3 Å². The van der Waals surface area contributed by atoms with E-state index in [9.17, 15) is 18.5 Å². The molecule has 29 heavy (non-hydrogen) atoms. The lowest BCUT2D eigenvalue weighted by atomic mass is 9.96. The Hall–Kier alpha value is -1.73. The van der Waals surface area contributed by atoms with Crippen LogP contribution in [0.5, 0.6) is 0 Å². The van der Waals surface area contributed by atoms with E-state index < -0.39 is 10.0 Å². The van der Waals surface area contributed by atoms with Gasteiger partial charge in [-0.15, -0.1) is 22.7 Å². The topological polar surface area (TPSA) is 90.3 Å². The van der Waals surface area contributed by atoms with Gasteiger partial charge >= 0.3 is 0 Å². The van der Waals surface area contributed by atoms with Crippen molar-refractivity contribution in [3.05, 3.63) is 33.0 Å². The molecule has 0 saturated carbocycles. The molecule has 2 aromatic heterocycles. The molecule has 9 heteroatoms. The van der Waals surface area contributed by atoms with Crippen LogP contribution in [0.15, 0.2) is 16.3 Å². The fraction of sp³-hybridized carbons (Fsp3) is 0.500. The molecule has 2 aromatic rings. The van der Waals surface area contributed by atoms with Crippen molar-refractivity contribution in [3.8, 4) is 6.07 Å². The number of thiophene rings is 2. The van der Waals surface area contributed by atoms with Crippen molar-refractivity contribution in [2.45, 2.75) is 55.6 Å². The van der Waals surface area contributed by atoms with E-state index in [4.69, 9.17) is 0 Å². The van der Waals surface area contributed by atoms with Gasteiger partial charge in [0.15, 0.2) is 0 Å². The molecule has 1 N–H and O–H groups in total. The first-order chi connectivity index (χ1) is 14.0. The average molecular weight is 450 g/mol. The van der Waals surface area contributed by atoms with Crippen molar-refractivity contribution in [1.82, 2.24) is 4.31 Å². The standard InChI is InChI=1S/C20H23N3O3S3/c21-13-16-15-6-2-3-7-17(15)28-20(16)22-18(24)12-14-8-9-19(27-14)29(25,26)23-10-4-1-5-11-23/h8-9H,1-7,10-12H2,(H,22,24). The molecule has 1 aliphatic carbocycles. The summed E-state index contributed by atoms with van der Waals surface area (Å²) in [6, 6.07) is 5.56. The summed E-state index contributed by atoms with van der Waals surface area (Å²) in [6.07, 6.45) is 7.02. The molecule has 0 radical (unpaired) electrons. The molecule has 0 unspecified atom stereocenters. The van der Waals surface area contributed by atoms with Gasteiger partial charge in [-0.3, -0.25) is 4.79 Å². The summed E-state index contributed by atoms with van der Waals surface area (Å²) in [7, 11) is -3.47. The summed E-state index contributed by atoms with van der Waals surface area (Å²) < 4.78 is 27.4. The quantitative estimate of drug-likeness (QED) is 0.749. The number of carbonyl (C=O) groups excluding carboxylic acids is 1. The molecular weight excluding hydrogens is 426 g/mol. The van der Waals surface area contributed by atoms with Crippen molar-refractivity contribution < 1.29 is 13.2 Å². The van der Waals surface area contributed by atoms with Crippen LogP contribution in [0.2, 0.25) is 0 Å². The molecule has 1 amide bonds. The summed E-state index contributed by atoms with van der Waals surface area (Å²) in [4.78, 5) is 14.5. The number of aryl methyl sites for hydroxylation is 1. The first-order valence-electron chi connectivity index (χ1n) is 9.92. The third-order valence-corrected chi connectivity index (χ3v) is 10.1. The second-order valence-corrected chi connectivity index (χ2v) is 11.9. The van der Waals surface area contributed by atoms with Crippen LogP contribution >= 0.6 is 22.7 Å². The highest BCUT2D eigenvalue weighted by atomic mass is 32.2. The second kappa shape index (κ2) is 8.56. The molecule has 0 aromatic carbocycles. The van der Waals surface area contributed by atoms with E-state index in [1.165, 1.54) is 16.2 Å². The van der Waals surface area contributed by atoms with Crippen molar-refractivity contribution in [3.63, 3.8) is 0 Å². The molecule has 1 saturated heterocycles. The Morgan fingerprint density at radius 3 is 2.62 bits per heavy atom. The lowest BCUT2D eigenvalue weighted by Crippen LogP contribution is -2.35. The van der Waals surface area contributed by atoms with E-state index in [0.29, 0.717) is 32.7 Å².